The van der Waals surface area contributed by atoms with Gasteiger partial charge in [-0.05, 0) is 19.3 Å². The summed E-state index contributed by atoms with van der Waals surface area (Å²) < 4.78 is 15.0. The van der Waals surface area contributed by atoms with Crippen LogP contribution in [0, 0.1) is 5.41 Å². The van der Waals surface area contributed by atoms with Gasteiger partial charge < -0.3 is 0 Å². The molecule has 0 spiro atoms. The Morgan fingerprint density at radius 3 is 2.09 bits per heavy atom. The standard InChI is InChI=1S/C8H17NOS/c1-7(2)11(10)9-6-8(3,4)5/h6-7H,1-5H3/b9-6+/t11-/m0/s1. The van der Waals surface area contributed by atoms with E-state index in [4.69, 9.17) is 0 Å². The molecule has 0 bridgehead atoms. The predicted molar refractivity (Wildman–Crippen MR) is 51.2 cm³/mol. The van der Waals surface area contributed by atoms with Gasteiger partial charge in [0.25, 0.3) is 0 Å². The molecular weight excluding hydrogens is 158 g/mol. The first-order chi connectivity index (χ1) is 4.83. The van der Waals surface area contributed by atoms with Gasteiger partial charge in [0.05, 0.1) is 5.25 Å². The number of hydrogen-bond acceptors (Lipinski definition) is 1. The zero-order valence-corrected chi connectivity index (χ0v) is 8.73. The Morgan fingerprint density at radius 1 is 1.36 bits per heavy atom. The minimum absolute atomic E-state index is 0.0323. The largest absolute Gasteiger partial charge is 0.235 e. The van der Waals surface area contributed by atoms with Crippen molar-refractivity contribution in [3.05, 3.63) is 0 Å². The summed E-state index contributed by atoms with van der Waals surface area (Å²) in [4.78, 5) is 0. The second-order valence-corrected chi connectivity index (χ2v) is 5.63. The van der Waals surface area contributed by atoms with Crippen LogP contribution in [0.3, 0.4) is 0 Å². The van der Waals surface area contributed by atoms with Crippen LogP contribution in [0.4, 0.5) is 0 Å². The van der Waals surface area contributed by atoms with Gasteiger partial charge in [-0.15, -0.1) is 0 Å². The molecule has 0 aromatic heterocycles. The van der Waals surface area contributed by atoms with Crippen LogP contribution in [0.2, 0.25) is 0 Å². The smallest absolute Gasteiger partial charge is 0.141 e. The Hall–Kier alpha value is -0.180. The Labute approximate surface area is 71.7 Å². The van der Waals surface area contributed by atoms with Crippen molar-refractivity contribution in [2.24, 2.45) is 9.81 Å². The summed E-state index contributed by atoms with van der Waals surface area (Å²) in [6.45, 7) is 9.91. The van der Waals surface area contributed by atoms with E-state index in [0.717, 1.165) is 0 Å². The third-order valence-corrected chi connectivity index (χ3v) is 2.07. The van der Waals surface area contributed by atoms with Gasteiger partial charge in [-0.25, -0.2) is 4.21 Å². The SMILES string of the molecule is CC(C)[S@](=O)/N=C/C(C)(C)C. The number of rotatable bonds is 2. The number of hydrogen-bond donors (Lipinski definition) is 0. The zero-order valence-electron chi connectivity index (χ0n) is 7.92. The molecule has 0 unspecified atom stereocenters. The van der Waals surface area contributed by atoms with Crippen molar-refractivity contribution < 1.29 is 4.21 Å². The molecule has 11 heavy (non-hydrogen) atoms. The summed E-state index contributed by atoms with van der Waals surface area (Å²) in [5.74, 6) is 0. The molecular formula is C8H17NOS. The van der Waals surface area contributed by atoms with Gasteiger partial charge in [-0.1, -0.05) is 20.8 Å². The first-order valence-electron chi connectivity index (χ1n) is 3.79. The third-order valence-electron chi connectivity index (χ3n) is 0.947. The lowest BCUT2D eigenvalue weighted by Crippen LogP contribution is -2.09. The van der Waals surface area contributed by atoms with Crippen molar-refractivity contribution in [3.63, 3.8) is 0 Å². The minimum Gasteiger partial charge on any atom is -0.235 e. The van der Waals surface area contributed by atoms with Crippen molar-refractivity contribution in [3.8, 4) is 0 Å². The molecule has 0 amide bonds. The zero-order chi connectivity index (χ0) is 9.07. The molecule has 0 N–H and O–H groups in total. The van der Waals surface area contributed by atoms with E-state index in [9.17, 15) is 4.21 Å². The molecule has 66 valence electrons. The van der Waals surface area contributed by atoms with Crippen LogP contribution in [0.1, 0.15) is 34.6 Å². The van der Waals surface area contributed by atoms with Gasteiger partial charge in [0, 0.05) is 6.21 Å². The minimum atomic E-state index is -1.05. The summed E-state index contributed by atoms with van der Waals surface area (Å²) in [5.41, 5.74) is 0.0323. The van der Waals surface area contributed by atoms with Crippen LogP contribution in [-0.2, 0) is 11.0 Å². The topological polar surface area (TPSA) is 29.4 Å². The Kier molecular flexibility index (Phi) is 3.93. The lowest BCUT2D eigenvalue weighted by atomic mass is 10.00. The molecule has 0 radical (unpaired) electrons. The normalized spacial score (nSPS) is 16.2. The van der Waals surface area contributed by atoms with E-state index >= 15 is 0 Å². The molecule has 0 heterocycles. The summed E-state index contributed by atoms with van der Waals surface area (Å²) in [6.07, 6.45) is 1.75. The monoisotopic (exact) mass is 175 g/mol. The fourth-order valence-corrected chi connectivity index (χ4v) is 0.995. The van der Waals surface area contributed by atoms with Crippen molar-refractivity contribution in [1.29, 1.82) is 0 Å². The third kappa shape index (κ3) is 6.23. The summed E-state index contributed by atoms with van der Waals surface area (Å²) in [6, 6.07) is 0. The van der Waals surface area contributed by atoms with Gasteiger partial charge >= 0.3 is 0 Å². The molecule has 2 nitrogen and oxygen atoms in total. The second-order valence-electron chi connectivity index (χ2n) is 3.93. The summed E-state index contributed by atoms with van der Waals surface area (Å²) in [7, 11) is -1.05. The Morgan fingerprint density at radius 2 is 1.82 bits per heavy atom. The Bertz CT molecular complexity index is 167. The van der Waals surface area contributed by atoms with Gasteiger partial charge in [-0.3, -0.25) is 0 Å². The molecule has 0 aliphatic carbocycles. The van der Waals surface area contributed by atoms with Crippen LogP contribution < -0.4 is 0 Å². The second kappa shape index (κ2) is 4.00. The van der Waals surface area contributed by atoms with Gasteiger partial charge in [-0.2, -0.15) is 4.40 Å². The lowest BCUT2D eigenvalue weighted by molar-refractivity contribution is 0.607. The van der Waals surface area contributed by atoms with E-state index in [-0.39, 0.29) is 10.7 Å². The maximum absolute atomic E-state index is 11.1. The number of nitrogens with zero attached hydrogens (tertiary/aromatic N) is 1. The van der Waals surface area contributed by atoms with E-state index in [1.807, 2.05) is 34.6 Å². The van der Waals surface area contributed by atoms with E-state index in [1.54, 1.807) is 6.21 Å². The van der Waals surface area contributed by atoms with Gasteiger partial charge in [0.1, 0.15) is 11.0 Å². The highest BCUT2D eigenvalue weighted by atomic mass is 32.2. The molecule has 0 rings (SSSR count). The van der Waals surface area contributed by atoms with Crippen LogP contribution in [0.15, 0.2) is 4.40 Å². The molecule has 1 atom stereocenters. The van der Waals surface area contributed by atoms with Crippen molar-refractivity contribution in [2.45, 2.75) is 39.9 Å². The average Bonchev–Trinajstić information content (AvgIpc) is 1.80. The Balaban J connectivity index is 4.05. The molecule has 3 heteroatoms. The van der Waals surface area contributed by atoms with Crippen molar-refractivity contribution >= 4 is 17.2 Å². The first kappa shape index (κ1) is 10.8. The van der Waals surface area contributed by atoms with E-state index < -0.39 is 11.0 Å². The van der Waals surface area contributed by atoms with Crippen molar-refractivity contribution in [1.82, 2.24) is 0 Å². The predicted octanol–water partition coefficient (Wildman–Crippen LogP) is 2.18. The van der Waals surface area contributed by atoms with Gasteiger partial charge in [0.15, 0.2) is 0 Å². The molecule has 0 aliphatic rings. The molecule has 0 saturated carbocycles. The first-order valence-corrected chi connectivity index (χ1v) is 4.96. The maximum atomic E-state index is 11.1. The van der Waals surface area contributed by atoms with Crippen LogP contribution in [0.25, 0.3) is 0 Å². The van der Waals surface area contributed by atoms with Crippen molar-refractivity contribution in [2.75, 3.05) is 0 Å². The van der Waals surface area contributed by atoms with Crippen LogP contribution in [-0.4, -0.2) is 15.7 Å². The fraction of sp³-hybridized carbons (Fsp3) is 0.875. The van der Waals surface area contributed by atoms with E-state index in [1.165, 1.54) is 0 Å². The molecule has 0 fully saturated rings. The lowest BCUT2D eigenvalue weighted by Gasteiger charge is -2.09. The molecule has 0 aliphatic heterocycles. The molecule has 0 saturated heterocycles. The maximum Gasteiger partial charge on any atom is 0.141 e. The summed E-state index contributed by atoms with van der Waals surface area (Å²) >= 11 is 0. The quantitative estimate of drug-likeness (QED) is 0.591. The van der Waals surface area contributed by atoms with E-state index in [2.05, 4.69) is 4.40 Å². The van der Waals surface area contributed by atoms with Gasteiger partial charge in [0.2, 0.25) is 0 Å². The highest BCUT2D eigenvalue weighted by Gasteiger charge is 2.07. The highest BCUT2D eigenvalue weighted by Crippen LogP contribution is 2.09. The highest BCUT2D eigenvalue weighted by molar-refractivity contribution is 7.84. The average molecular weight is 175 g/mol. The summed E-state index contributed by atoms with van der Waals surface area (Å²) in [5, 5.41) is 0.119. The fourth-order valence-electron chi connectivity index (χ4n) is 0.332. The molecule has 0 aromatic rings. The van der Waals surface area contributed by atoms with Crippen LogP contribution in [0.5, 0.6) is 0 Å². The molecule has 0 aromatic carbocycles. The van der Waals surface area contributed by atoms with Crippen LogP contribution >= 0.6 is 0 Å². The van der Waals surface area contributed by atoms with E-state index in [0.29, 0.717) is 0 Å².